The number of rotatable bonds is 6. The van der Waals surface area contributed by atoms with Gasteiger partial charge in [0.1, 0.15) is 34.9 Å². The van der Waals surface area contributed by atoms with Crippen LogP contribution in [0.4, 0.5) is 0 Å². The largest absolute Gasteiger partial charge is 0.496 e. The van der Waals surface area contributed by atoms with Gasteiger partial charge in [-0.3, -0.25) is 9.78 Å². The average Bonchev–Trinajstić information content (AvgIpc) is 3.77. The number of nitrogens with zero attached hydrogens (tertiary/aromatic N) is 3. The maximum atomic E-state index is 13.3. The first-order valence-electron chi connectivity index (χ1n) is 14.5. The number of benzene rings is 2. The SMILES string of the molecule is COc1cc(C(=O)N2CC3C=CC(O)C3C2)ccc1-c1cc2nccc(-c3ccc(OC4CCOCC4)c(C#N)c3)c2o1. The minimum atomic E-state index is -0.499. The number of aromatic nitrogens is 1. The van der Waals surface area contributed by atoms with Gasteiger partial charge in [0, 0.05) is 61.2 Å². The number of nitriles is 1. The van der Waals surface area contributed by atoms with Gasteiger partial charge < -0.3 is 28.6 Å². The molecule has 3 aliphatic rings. The van der Waals surface area contributed by atoms with E-state index in [2.05, 4.69) is 11.1 Å². The molecule has 4 heterocycles. The molecule has 0 bridgehead atoms. The highest BCUT2D eigenvalue weighted by Crippen LogP contribution is 2.39. The lowest BCUT2D eigenvalue weighted by atomic mass is 9.98. The molecule has 2 fully saturated rings. The number of carbonyl (C=O) groups is 1. The highest BCUT2D eigenvalue weighted by atomic mass is 16.5. The Morgan fingerprint density at radius 2 is 1.91 bits per heavy atom. The van der Waals surface area contributed by atoms with Gasteiger partial charge in [-0.25, -0.2) is 0 Å². The Labute approximate surface area is 248 Å². The van der Waals surface area contributed by atoms with Gasteiger partial charge in [-0.2, -0.15) is 5.26 Å². The maximum absolute atomic E-state index is 13.3. The van der Waals surface area contributed by atoms with Crippen LogP contribution in [0.3, 0.4) is 0 Å². The lowest BCUT2D eigenvalue weighted by molar-refractivity contribution is 0.0254. The number of hydrogen-bond acceptors (Lipinski definition) is 8. The molecule has 9 heteroatoms. The summed E-state index contributed by atoms with van der Waals surface area (Å²) in [5.74, 6) is 1.78. The molecule has 1 aliphatic carbocycles. The predicted molar refractivity (Wildman–Crippen MR) is 159 cm³/mol. The zero-order valence-corrected chi connectivity index (χ0v) is 23.7. The zero-order chi connectivity index (χ0) is 29.5. The number of methoxy groups -OCH3 is 1. The molecule has 7 rings (SSSR count). The van der Waals surface area contributed by atoms with Crippen LogP contribution in [-0.4, -0.2) is 66.5 Å². The lowest BCUT2D eigenvalue weighted by Gasteiger charge is -2.23. The van der Waals surface area contributed by atoms with Crippen LogP contribution < -0.4 is 9.47 Å². The van der Waals surface area contributed by atoms with E-state index in [1.807, 2.05) is 48.6 Å². The number of fused-ring (bicyclic) bond motifs is 2. The maximum Gasteiger partial charge on any atom is 0.254 e. The van der Waals surface area contributed by atoms with Gasteiger partial charge in [0.05, 0.1) is 37.6 Å². The number of furan rings is 1. The van der Waals surface area contributed by atoms with Crippen molar-refractivity contribution in [2.45, 2.75) is 25.0 Å². The van der Waals surface area contributed by atoms with Crippen LogP contribution in [0, 0.1) is 23.2 Å². The van der Waals surface area contributed by atoms with Crippen LogP contribution in [0.1, 0.15) is 28.8 Å². The van der Waals surface area contributed by atoms with E-state index in [1.165, 1.54) is 0 Å². The van der Waals surface area contributed by atoms with Gasteiger partial charge in [-0.1, -0.05) is 18.2 Å². The monoisotopic (exact) mass is 577 g/mol. The van der Waals surface area contributed by atoms with Gasteiger partial charge >= 0.3 is 0 Å². The summed E-state index contributed by atoms with van der Waals surface area (Å²) in [5.41, 5.74) is 4.51. The number of likely N-dealkylation sites (tertiary alicyclic amines) is 1. The summed E-state index contributed by atoms with van der Waals surface area (Å²) in [6.45, 7) is 2.43. The van der Waals surface area contributed by atoms with E-state index in [1.54, 1.807) is 30.3 Å². The Bertz CT molecular complexity index is 1770. The topological polar surface area (TPSA) is 118 Å². The second kappa shape index (κ2) is 11.2. The van der Waals surface area contributed by atoms with Crippen molar-refractivity contribution >= 4 is 17.0 Å². The molecule has 2 aliphatic heterocycles. The van der Waals surface area contributed by atoms with Crippen molar-refractivity contribution in [2.75, 3.05) is 33.4 Å². The first-order valence-corrected chi connectivity index (χ1v) is 14.5. The van der Waals surface area contributed by atoms with Crippen molar-refractivity contribution in [1.82, 2.24) is 9.88 Å². The van der Waals surface area contributed by atoms with Gasteiger partial charge in [-0.15, -0.1) is 0 Å². The number of aliphatic hydroxyl groups is 1. The molecule has 2 saturated heterocycles. The number of pyridine rings is 1. The fourth-order valence-corrected chi connectivity index (χ4v) is 6.35. The Balaban J connectivity index is 1.17. The Morgan fingerprint density at radius 1 is 1.05 bits per heavy atom. The van der Waals surface area contributed by atoms with Gasteiger partial charge in [-0.05, 0) is 42.0 Å². The molecule has 3 unspecified atom stereocenters. The fourth-order valence-electron chi connectivity index (χ4n) is 6.35. The van der Waals surface area contributed by atoms with Crippen LogP contribution in [-0.2, 0) is 4.74 Å². The molecule has 2 aromatic heterocycles. The molecule has 3 atom stereocenters. The van der Waals surface area contributed by atoms with Gasteiger partial charge in [0.15, 0.2) is 5.58 Å². The molecule has 4 aromatic rings. The summed E-state index contributed by atoms with van der Waals surface area (Å²) in [4.78, 5) is 19.6. The molecule has 0 radical (unpaired) electrons. The van der Waals surface area contributed by atoms with Crippen molar-refractivity contribution in [3.05, 3.63) is 78.0 Å². The summed E-state index contributed by atoms with van der Waals surface area (Å²) in [6, 6.07) is 16.9. The highest BCUT2D eigenvalue weighted by molar-refractivity contribution is 5.97. The first-order chi connectivity index (χ1) is 21.0. The zero-order valence-electron chi connectivity index (χ0n) is 23.7. The third-order valence-electron chi connectivity index (χ3n) is 8.69. The molecule has 218 valence electrons. The standard InChI is InChI=1S/C34H31N3O6/c1-40-31-15-21(34(39)37-18-22-3-6-29(38)27(22)19-37)2-5-26(31)32-16-28-33(43-32)25(8-11-36-28)20-4-7-30(23(14-20)17-35)42-24-9-12-41-13-10-24/h2-8,11,14-16,22,24,27,29,38H,9-10,12-13,18-19H2,1H3. The van der Waals surface area contributed by atoms with Gasteiger partial charge in [0.2, 0.25) is 0 Å². The number of ether oxygens (including phenoxy) is 3. The second-order valence-electron chi connectivity index (χ2n) is 11.3. The molecule has 2 aromatic carbocycles. The van der Waals surface area contributed by atoms with E-state index >= 15 is 0 Å². The summed E-state index contributed by atoms with van der Waals surface area (Å²) < 4.78 is 23.6. The first kappa shape index (κ1) is 27.2. The molecular formula is C34H31N3O6. The van der Waals surface area contributed by atoms with Crippen LogP contribution in [0.25, 0.3) is 33.6 Å². The molecule has 43 heavy (non-hydrogen) atoms. The van der Waals surface area contributed by atoms with Gasteiger partial charge in [0.25, 0.3) is 5.91 Å². The third kappa shape index (κ3) is 5.03. The predicted octanol–water partition coefficient (Wildman–Crippen LogP) is 5.22. The van der Waals surface area contributed by atoms with Crippen LogP contribution >= 0.6 is 0 Å². The van der Waals surface area contributed by atoms with E-state index < -0.39 is 6.10 Å². The van der Waals surface area contributed by atoms with E-state index in [4.69, 9.17) is 18.6 Å². The highest BCUT2D eigenvalue weighted by Gasteiger charge is 2.40. The van der Waals surface area contributed by atoms with E-state index in [-0.39, 0.29) is 23.8 Å². The lowest BCUT2D eigenvalue weighted by Crippen LogP contribution is -2.30. The normalized spacial score (nSPS) is 21.6. The quantitative estimate of drug-likeness (QED) is 0.310. The van der Waals surface area contributed by atoms with Crippen molar-refractivity contribution in [1.29, 1.82) is 5.26 Å². The molecule has 0 saturated carbocycles. The van der Waals surface area contributed by atoms with Crippen molar-refractivity contribution in [2.24, 2.45) is 11.8 Å². The Hall–Kier alpha value is -4.65. The summed E-state index contributed by atoms with van der Waals surface area (Å²) in [6.07, 6.45) is 6.67. The van der Waals surface area contributed by atoms with E-state index in [9.17, 15) is 15.2 Å². The smallest absolute Gasteiger partial charge is 0.254 e. The van der Waals surface area contributed by atoms with Crippen molar-refractivity contribution < 1.29 is 28.5 Å². The molecular weight excluding hydrogens is 546 g/mol. The molecule has 1 amide bonds. The molecule has 9 nitrogen and oxygen atoms in total. The van der Waals surface area contributed by atoms with E-state index in [0.29, 0.717) is 71.4 Å². The van der Waals surface area contributed by atoms with Crippen LogP contribution in [0.15, 0.2) is 71.3 Å². The third-order valence-corrected chi connectivity index (χ3v) is 8.69. The summed E-state index contributed by atoms with van der Waals surface area (Å²) >= 11 is 0. The summed E-state index contributed by atoms with van der Waals surface area (Å²) in [5, 5.41) is 20.1. The Kier molecular flexibility index (Phi) is 7.09. The number of hydrogen-bond donors (Lipinski definition) is 1. The number of aliphatic hydroxyl groups excluding tert-OH is 1. The number of amides is 1. The Morgan fingerprint density at radius 3 is 2.70 bits per heavy atom. The minimum absolute atomic E-state index is 0.0312. The van der Waals surface area contributed by atoms with Crippen molar-refractivity contribution in [3.8, 4) is 40.0 Å². The average molecular weight is 578 g/mol. The molecule has 1 N–H and O–H groups in total. The van der Waals surface area contributed by atoms with Crippen LogP contribution in [0.2, 0.25) is 0 Å². The second-order valence-corrected chi connectivity index (χ2v) is 11.3. The minimum Gasteiger partial charge on any atom is -0.496 e. The summed E-state index contributed by atoms with van der Waals surface area (Å²) in [7, 11) is 1.56. The van der Waals surface area contributed by atoms with Crippen LogP contribution in [0.5, 0.6) is 11.5 Å². The fraction of sp³-hybridized carbons (Fsp3) is 0.324. The van der Waals surface area contributed by atoms with E-state index in [0.717, 1.165) is 24.0 Å². The van der Waals surface area contributed by atoms with Crippen molar-refractivity contribution in [3.63, 3.8) is 0 Å². The molecule has 0 spiro atoms. The number of carbonyl (C=O) groups excluding carboxylic acids is 1.